The minimum absolute atomic E-state index is 0.130. The molecule has 0 unspecified atom stereocenters. The summed E-state index contributed by atoms with van der Waals surface area (Å²) in [6.07, 6.45) is -0.524. The quantitative estimate of drug-likeness (QED) is 0.804. The van der Waals surface area contributed by atoms with E-state index in [9.17, 15) is 4.79 Å². The summed E-state index contributed by atoms with van der Waals surface area (Å²) in [6.45, 7) is 0.280. The van der Waals surface area contributed by atoms with Crippen molar-refractivity contribution in [1.29, 1.82) is 0 Å². The molecular formula is C8H10BrNO2S. The molecule has 1 heterocycles. The zero-order valence-electron chi connectivity index (χ0n) is 6.87. The molecule has 0 spiro atoms. The van der Waals surface area contributed by atoms with Crippen LogP contribution in [0.15, 0.2) is 17.5 Å². The van der Waals surface area contributed by atoms with Crippen molar-refractivity contribution in [1.82, 2.24) is 5.32 Å². The summed E-state index contributed by atoms with van der Waals surface area (Å²) in [5, 5.41) is 14.1. The van der Waals surface area contributed by atoms with Gasteiger partial charge in [-0.25, -0.2) is 0 Å². The van der Waals surface area contributed by atoms with Crippen LogP contribution in [0.4, 0.5) is 0 Å². The maximum Gasteiger partial charge on any atom is 0.261 e. The van der Waals surface area contributed by atoms with Gasteiger partial charge in [0.15, 0.2) is 0 Å². The van der Waals surface area contributed by atoms with Crippen molar-refractivity contribution in [3.05, 3.63) is 22.4 Å². The van der Waals surface area contributed by atoms with Crippen LogP contribution in [0.5, 0.6) is 0 Å². The Balaban J connectivity index is 2.35. The van der Waals surface area contributed by atoms with Crippen molar-refractivity contribution >= 4 is 33.2 Å². The van der Waals surface area contributed by atoms with Gasteiger partial charge in [-0.2, -0.15) is 0 Å². The molecule has 1 rings (SSSR count). The molecule has 0 saturated carbocycles. The molecule has 13 heavy (non-hydrogen) atoms. The number of thiophene rings is 1. The Kier molecular flexibility index (Phi) is 4.41. The Labute approximate surface area is 88.9 Å². The lowest BCUT2D eigenvalue weighted by atomic mass is 10.4. The number of hydrogen-bond donors (Lipinski definition) is 2. The zero-order valence-corrected chi connectivity index (χ0v) is 9.27. The number of nitrogens with one attached hydrogen (secondary N) is 1. The SMILES string of the molecule is O=C(NC[C@H](O)CBr)c1cccs1. The van der Waals surface area contributed by atoms with E-state index in [1.807, 2.05) is 11.4 Å². The van der Waals surface area contributed by atoms with E-state index in [2.05, 4.69) is 21.2 Å². The van der Waals surface area contributed by atoms with E-state index >= 15 is 0 Å². The number of rotatable bonds is 4. The second kappa shape index (κ2) is 5.36. The third-order valence-electron chi connectivity index (χ3n) is 1.42. The smallest absolute Gasteiger partial charge is 0.261 e. The largest absolute Gasteiger partial charge is 0.390 e. The van der Waals surface area contributed by atoms with Gasteiger partial charge in [-0.15, -0.1) is 11.3 Å². The highest BCUT2D eigenvalue weighted by molar-refractivity contribution is 9.09. The van der Waals surface area contributed by atoms with Gasteiger partial charge in [0, 0.05) is 11.9 Å². The van der Waals surface area contributed by atoms with Crippen LogP contribution in [0, 0.1) is 0 Å². The lowest BCUT2D eigenvalue weighted by molar-refractivity contribution is 0.0930. The van der Waals surface area contributed by atoms with E-state index in [4.69, 9.17) is 5.11 Å². The summed E-state index contributed by atoms with van der Waals surface area (Å²) < 4.78 is 0. The molecular weight excluding hydrogens is 254 g/mol. The number of carbonyl (C=O) groups excluding carboxylic acids is 1. The molecule has 1 aromatic rings. The van der Waals surface area contributed by atoms with Gasteiger partial charge in [0.05, 0.1) is 11.0 Å². The summed E-state index contributed by atoms with van der Waals surface area (Å²) in [4.78, 5) is 12.0. The lowest BCUT2D eigenvalue weighted by Gasteiger charge is -2.07. The highest BCUT2D eigenvalue weighted by Crippen LogP contribution is 2.07. The van der Waals surface area contributed by atoms with Crippen molar-refractivity contribution in [2.45, 2.75) is 6.10 Å². The fraction of sp³-hybridized carbons (Fsp3) is 0.375. The van der Waals surface area contributed by atoms with Crippen LogP contribution in [0.1, 0.15) is 9.67 Å². The number of aliphatic hydroxyl groups is 1. The minimum Gasteiger partial charge on any atom is -0.390 e. The van der Waals surface area contributed by atoms with E-state index in [-0.39, 0.29) is 12.5 Å². The van der Waals surface area contributed by atoms with E-state index in [1.165, 1.54) is 11.3 Å². The second-order valence-corrected chi connectivity index (χ2v) is 4.09. The van der Waals surface area contributed by atoms with E-state index < -0.39 is 6.10 Å². The highest BCUT2D eigenvalue weighted by atomic mass is 79.9. The summed E-state index contributed by atoms with van der Waals surface area (Å²) >= 11 is 4.50. The minimum atomic E-state index is -0.524. The Bertz CT molecular complexity index is 263. The van der Waals surface area contributed by atoms with Crippen LogP contribution >= 0.6 is 27.3 Å². The Morgan fingerprint density at radius 2 is 2.54 bits per heavy atom. The molecule has 3 nitrogen and oxygen atoms in total. The molecule has 0 aliphatic rings. The molecule has 0 aliphatic heterocycles. The summed E-state index contributed by atoms with van der Waals surface area (Å²) in [5.74, 6) is -0.130. The van der Waals surface area contributed by atoms with Gasteiger partial charge in [0.25, 0.3) is 5.91 Å². The number of hydrogen-bond acceptors (Lipinski definition) is 3. The first kappa shape index (κ1) is 10.7. The molecule has 0 aliphatic carbocycles. The van der Waals surface area contributed by atoms with Gasteiger partial charge >= 0.3 is 0 Å². The molecule has 1 amide bonds. The first-order valence-electron chi connectivity index (χ1n) is 3.79. The molecule has 0 radical (unpaired) electrons. The molecule has 0 aromatic carbocycles. The number of aliphatic hydroxyl groups excluding tert-OH is 1. The Hall–Kier alpha value is -0.390. The fourth-order valence-electron chi connectivity index (χ4n) is 0.760. The third-order valence-corrected chi connectivity index (χ3v) is 3.04. The van der Waals surface area contributed by atoms with E-state index in [0.29, 0.717) is 10.2 Å². The van der Waals surface area contributed by atoms with Gasteiger partial charge < -0.3 is 10.4 Å². The average molecular weight is 264 g/mol. The van der Waals surface area contributed by atoms with Crippen molar-refractivity contribution in [3.63, 3.8) is 0 Å². The molecule has 0 saturated heterocycles. The summed E-state index contributed by atoms with van der Waals surface area (Å²) in [7, 11) is 0. The fourth-order valence-corrected chi connectivity index (χ4v) is 1.63. The van der Waals surface area contributed by atoms with Crippen LogP contribution in [-0.4, -0.2) is 29.0 Å². The molecule has 5 heteroatoms. The van der Waals surface area contributed by atoms with Crippen molar-refractivity contribution in [2.75, 3.05) is 11.9 Å². The molecule has 2 N–H and O–H groups in total. The molecule has 1 atom stereocenters. The molecule has 1 aromatic heterocycles. The van der Waals surface area contributed by atoms with Crippen LogP contribution in [0.25, 0.3) is 0 Å². The molecule has 72 valence electrons. The average Bonchev–Trinajstić information content (AvgIpc) is 2.66. The standard InChI is InChI=1S/C8H10BrNO2S/c9-4-6(11)5-10-8(12)7-2-1-3-13-7/h1-3,6,11H,4-5H2,(H,10,12)/t6-/m1/s1. The maximum atomic E-state index is 11.3. The van der Waals surface area contributed by atoms with Crippen LogP contribution in [0.3, 0.4) is 0 Å². The van der Waals surface area contributed by atoms with Crippen molar-refractivity contribution < 1.29 is 9.90 Å². The Morgan fingerprint density at radius 3 is 3.08 bits per heavy atom. The van der Waals surface area contributed by atoms with E-state index in [0.717, 1.165) is 0 Å². The van der Waals surface area contributed by atoms with Crippen LogP contribution in [0.2, 0.25) is 0 Å². The van der Waals surface area contributed by atoms with Crippen molar-refractivity contribution in [2.24, 2.45) is 0 Å². The van der Waals surface area contributed by atoms with E-state index in [1.54, 1.807) is 6.07 Å². The van der Waals surface area contributed by atoms with Gasteiger partial charge in [-0.05, 0) is 11.4 Å². The van der Waals surface area contributed by atoms with Gasteiger partial charge in [-0.3, -0.25) is 4.79 Å². The normalized spacial score (nSPS) is 12.5. The number of carbonyl (C=O) groups is 1. The predicted molar refractivity (Wildman–Crippen MR) is 56.5 cm³/mol. The Morgan fingerprint density at radius 1 is 1.77 bits per heavy atom. The van der Waals surface area contributed by atoms with Gasteiger partial charge in [0.2, 0.25) is 0 Å². The number of alkyl halides is 1. The first-order chi connectivity index (χ1) is 6.24. The lowest BCUT2D eigenvalue weighted by Crippen LogP contribution is -2.32. The summed E-state index contributed by atoms with van der Waals surface area (Å²) in [6, 6.07) is 3.57. The first-order valence-corrected chi connectivity index (χ1v) is 5.80. The predicted octanol–water partition coefficient (Wildman–Crippen LogP) is 1.23. The maximum absolute atomic E-state index is 11.3. The highest BCUT2D eigenvalue weighted by Gasteiger charge is 2.07. The van der Waals surface area contributed by atoms with Crippen molar-refractivity contribution in [3.8, 4) is 0 Å². The van der Waals surface area contributed by atoms with Gasteiger partial charge in [-0.1, -0.05) is 22.0 Å². The zero-order chi connectivity index (χ0) is 9.68. The van der Waals surface area contributed by atoms with Crippen LogP contribution < -0.4 is 5.32 Å². The molecule has 0 bridgehead atoms. The molecule has 0 fully saturated rings. The summed E-state index contributed by atoms with van der Waals surface area (Å²) in [5.41, 5.74) is 0. The monoisotopic (exact) mass is 263 g/mol. The topological polar surface area (TPSA) is 49.3 Å². The third kappa shape index (κ3) is 3.46. The van der Waals surface area contributed by atoms with Gasteiger partial charge in [0.1, 0.15) is 0 Å². The second-order valence-electron chi connectivity index (χ2n) is 2.50. The number of amides is 1. The number of halogens is 1. The van der Waals surface area contributed by atoms with Crippen LogP contribution in [-0.2, 0) is 0 Å².